The predicted octanol–water partition coefficient (Wildman–Crippen LogP) is 12.5. The SMILES string of the molecule is CCCCc1ccc(N2c3ccc(C)cc3B3c4ccc(N(c5ccccc5)c5ccccc5)cc4N(c4ccc(CCCC)cc4)c4cc(C)cc2c43)cc1. The average Bonchev–Trinajstić information content (AvgIpc) is 3.23. The number of anilines is 9. The Bertz CT molecular complexity index is 2440. The topological polar surface area (TPSA) is 9.72 Å². The highest BCUT2D eigenvalue weighted by molar-refractivity contribution is 7.00. The molecular weight excluding hydrogens is 677 g/mol. The van der Waals surface area contributed by atoms with Crippen LogP contribution in [0.4, 0.5) is 51.2 Å². The van der Waals surface area contributed by atoms with E-state index in [0.29, 0.717) is 0 Å². The van der Waals surface area contributed by atoms with Crippen LogP contribution < -0.4 is 31.1 Å². The molecule has 0 saturated heterocycles. The highest BCUT2D eigenvalue weighted by Crippen LogP contribution is 2.46. The van der Waals surface area contributed by atoms with Crippen LogP contribution in [0.2, 0.25) is 0 Å². The second-order valence-electron chi connectivity index (χ2n) is 15.7. The van der Waals surface area contributed by atoms with Gasteiger partial charge in [-0.15, -0.1) is 0 Å². The summed E-state index contributed by atoms with van der Waals surface area (Å²) in [5.74, 6) is 0. The van der Waals surface area contributed by atoms with Crippen LogP contribution in [-0.4, -0.2) is 6.71 Å². The monoisotopic (exact) mass is 727 g/mol. The van der Waals surface area contributed by atoms with Crippen molar-refractivity contribution in [3.8, 4) is 0 Å². The molecule has 0 radical (unpaired) electrons. The van der Waals surface area contributed by atoms with Crippen molar-refractivity contribution in [1.29, 1.82) is 0 Å². The molecule has 2 aliphatic rings. The van der Waals surface area contributed by atoms with Gasteiger partial charge in [0.25, 0.3) is 6.71 Å². The van der Waals surface area contributed by atoms with Crippen LogP contribution in [-0.2, 0) is 12.8 Å². The lowest BCUT2D eigenvalue weighted by Crippen LogP contribution is -2.61. The molecule has 56 heavy (non-hydrogen) atoms. The lowest BCUT2D eigenvalue weighted by atomic mass is 9.33. The van der Waals surface area contributed by atoms with Crippen LogP contribution in [0, 0.1) is 13.8 Å². The Morgan fingerprint density at radius 2 is 0.982 bits per heavy atom. The standard InChI is InChI=1S/C52H50BN3/c1-5-7-15-39-22-26-43(27-23-39)55-48-32-21-37(3)33-47(48)53-46-31-30-45(54(41-17-11-9-12-18-41)42-19-13-10-14-20-42)36-49(46)56(51-35-38(4)34-50(55)52(51)53)44-28-24-40(25-29-44)16-8-6-2/h9-14,17-36H,5-8,15-16H2,1-4H3. The Morgan fingerprint density at radius 3 is 1.52 bits per heavy atom. The molecule has 276 valence electrons. The van der Waals surface area contributed by atoms with Crippen LogP contribution in [0.5, 0.6) is 0 Å². The van der Waals surface area contributed by atoms with Crippen molar-refractivity contribution >= 4 is 74.3 Å². The number of rotatable bonds is 11. The molecule has 0 amide bonds. The van der Waals surface area contributed by atoms with Gasteiger partial charge in [0.2, 0.25) is 0 Å². The Hall–Kier alpha value is -6.00. The minimum Gasteiger partial charge on any atom is -0.311 e. The Kier molecular flexibility index (Phi) is 9.73. The Labute approximate surface area is 334 Å². The number of benzene rings is 7. The average molecular weight is 728 g/mol. The minimum absolute atomic E-state index is 0.0709. The summed E-state index contributed by atoms with van der Waals surface area (Å²) >= 11 is 0. The summed E-state index contributed by atoms with van der Waals surface area (Å²) in [4.78, 5) is 7.46. The van der Waals surface area contributed by atoms with Gasteiger partial charge in [-0.2, -0.15) is 0 Å². The van der Waals surface area contributed by atoms with Crippen molar-refractivity contribution in [2.75, 3.05) is 14.7 Å². The third kappa shape index (κ3) is 6.47. The van der Waals surface area contributed by atoms with E-state index in [2.05, 4.69) is 200 Å². The maximum absolute atomic E-state index is 2.55. The lowest BCUT2D eigenvalue weighted by Gasteiger charge is -2.44. The molecule has 4 heteroatoms. The molecule has 0 bridgehead atoms. The highest BCUT2D eigenvalue weighted by Gasteiger charge is 2.43. The largest absolute Gasteiger partial charge is 0.311 e. The van der Waals surface area contributed by atoms with E-state index >= 15 is 0 Å². The van der Waals surface area contributed by atoms with E-state index in [1.165, 1.54) is 98.4 Å². The minimum atomic E-state index is 0.0709. The normalized spacial score (nSPS) is 12.6. The molecule has 7 aromatic rings. The first-order valence-electron chi connectivity index (χ1n) is 20.6. The van der Waals surface area contributed by atoms with Gasteiger partial charge in [0.1, 0.15) is 0 Å². The fraction of sp³-hybridized carbons (Fsp3) is 0.192. The van der Waals surface area contributed by atoms with Crippen molar-refractivity contribution in [3.05, 3.63) is 180 Å². The van der Waals surface area contributed by atoms with Gasteiger partial charge in [-0.25, -0.2) is 0 Å². The number of fused-ring (bicyclic) bond motifs is 4. The summed E-state index contributed by atoms with van der Waals surface area (Å²) in [6, 6.07) is 59.3. The smallest absolute Gasteiger partial charge is 0.252 e. The summed E-state index contributed by atoms with van der Waals surface area (Å²) in [5.41, 5.74) is 20.1. The zero-order chi connectivity index (χ0) is 38.2. The van der Waals surface area contributed by atoms with Crippen molar-refractivity contribution in [2.45, 2.75) is 66.2 Å². The maximum Gasteiger partial charge on any atom is 0.252 e. The summed E-state index contributed by atoms with van der Waals surface area (Å²) < 4.78 is 0. The van der Waals surface area contributed by atoms with Crippen LogP contribution in [0.3, 0.4) is 0 Å². The van der Waals surface area contributed by atoms with Crippen molar-refractivity contribution in [1.82, 2.24) is 0 Å². The molecule has 0 spiro atoms. The maximum atomic E-state index is 2.55. The molecule has 0 fully saturated rings. The predicted molar refractivity (Wildman–Crippen MR) is 242 cm³/mol. The summed E-state index contributed by atoms with van der Waals surface area (Å²) in [6.07, 6.45) is 7.03. The van der Waals surface area contributed by atoms with Crippen molar-refractivity contribution in [2.24, 2.45) is 0 Å². The van der Waals surface area contributed by atoms with Crippen LogP contribution >= 0.6 is 0 Å². The summed E-state index contributed by atoms with van der Waals surface area (Å²) in [6.45, 7) is 9.10. The van der Waals surface area contributed by atoms with Gasteiger partial charge in [0, 0.05) is 51.2 Å². The number of nitrogens with zero attached hydrogens (tertiary/aromatic N) is 3. The van der Waals surface area contributed by atoms with Gasteiger partial charge in [-0.1, -0.05) is 111 Å². The van der Waals surface area contributed by atoms with Gasteiger partial charge in [0.05, 0.1) is 0 Å². The molecule has 0 atom stereocenters. The quantitative estimate of drug-likeness (QED) is 0.123. The first-order valence-corrected chi connectivity index (χ1v) is 20.6. The second kappa shape index (κ2) is 15.3. The van der Waals surface area contributed by atoms with Crippen LogP contribution in [0.15, 0.2) is 158 Å². The van der Waals surface area contributed by atoms with E-state index in [9.17, 15) is 0 Å². The molecule has 2 heterocycles. The third-order valence-electron chi connectivity index (χ3n) is 11.7. The lowest BCUT2D eigenvalue weighted by molar-refractivity contribution is 0.795. The van der Waals surface area contributed by atoms with E-state index in [0.717, 1.165) is 29.9 Å². The molecule has 9 rings (SSSR count). The fourth-order valence-corrected chi connectivity index (χ4v) is 8.92. The Balaban J connectivity index is 1.29. The molecule has 0 N–H and O–H groups in total. The number of para-hydroxylation sites is 2. The molecule has 0 saturated carbocycles. The number of hydrogen-bond donors (Lipinski definition) is 0. The number of unbranched alkanes of at least 4 members (excludes halogenated alkanes) is 2. The van der Waals surface area contributed by atoms with E-state index in [1.807, 2.05) is 0 Å². The number of hydrogen-bond acceptors (Lipinski definition) is 3. The molecule has 0 aromatic heterocycles. The van der Waals surface area contributed by atoms with Crippen molar-refractivity contribution < 1.29 is 0 Å². The van der Waals surface area contributed by atoms with Crippen molar-refractivity contribution in [3.63, 3.8) is 0 Å². The number of aryl methyl sites for hydroxylation is 4. The second-order valence-corrected chi connectivity index (χ2v) is 15.7. The summed E-state index contributed by atoms with van der Waals surface area (Å²) in [7, 11) is 0. The van der Waals surface area contributed by atoms with Crippen LogP contribution in [0.1, 0.15) is 61.8 Å². The van der Waals surface area contributed by atoms with E-state index < -0.39 is 0 Å². The van der Waals surface area contributed by atoms with E-state index in [4.69, 9.17) is 0 Å². The van der Waals surface area contributed by atoms with E-state index in [1.54, 1.807) is 0 Å². The van der Waals surface area contributed by atoms with Gasteiger partial charge in [-0.05, 0) is 151 Å². The van der Waals surface area contributed by atoms with Crippen LogP contribution in [0.25, 0.3) is 0 Å². The zero-order valence-electron chi connectivity index (χ0n) is 33.2. The molecular formula is C52H50BN3. The third-order valence-corrected chi connectivity index (χ3v) is 11.7. The van der Waals surface area contributed by atoms with Gasteiger partial charge in [0.15, 0.2) is 0 Å². The molecule has 3 nitrogen and oxygen atoms in total. The first kappa shape index (κ1) is 35.7. The molecule has 0 aliphatic carbocycles. The molecule has 7 aromatic carbocycles. The van der Waals surface area contributed by atoms with E-state index in [-0.39, 0.29) is 6.71 Å². The van der Waals surface area contributed by atoms with Gasteiger partial charge in [-0.3, -0.25) is 0 Å². The summed E-state index contributed by atoms with van der Waals surface area (Å²) in [5, 5.41) is 0. The molecule has 2 aliphatic heterocycles. The Morgan fingerprint density at radius 1 is 0.446 bits per heavy atom. The first-order chi connectivity index (χ1) is 27.5. The fourth-order valence-electron chi connectivity index (χ4n) is 8.92. The molecule has 0 unspecified atom stereocenters. The van der Waals surface area contributed by atoms with Gasteiger partial charge < -0.3 is 14.7 Å². The van der Waals surface area contributed by atoms with Gasteiger partial charge >= 0.3 is 0 Å². The zero-order valence-corrected chi connectivity index (χ0v) is 33.2. The highest BCUT2D eigenvalue weighted by atomic mass is 15.2.